The monoisotopic (exact) mass is 408 g/mol. The SMILES string of the molecule is CCCCOC(=O)N1C[C@@H](CN)Oc2c(-c3cc(Cl)ccc3Cl)cccc21. The molecule has 1 aliphatic rings. The van der Waals surface area contributed by atoms with Crippen LogP contribution < -0.4 is 15.4 Å². The number of ether oxygens (including phenoxy) is 2. The van der Waals surface area contributed by atoms with Crippen molar-refractivity contribution in [1.29, 1.82) is 0 Å². The summed E-state index contributed by atoms with van der Waals surface area (Å²) in [5.74, 6) is 0.552. The highest BCUT2D eigenvalue weighted by Gasteiger charge is 2.32. The van der Waals surface area contributed by atoms with Crippen LogP contribution in [0.15, 0.2) is 36.4 Å². The third-order valence-electron chi connectivity index (χ3n) is 4.38. The number of fused-ring (bicyclic) bond motifs is 1. The minimum Gasteiger partial charge on any atom is -0.484 e. The second-order valence-electron chi connectivity index (χ2n) is 6.33. The summed E-state index contributed by atoms with van der Waals surface area (Å²) in [6, 6.07) is 10.8. The highest BCUT2D eigenvalue weighted by molar-refractivity contribution is 6.35. The maximum absolute atomic E-state index is 12.6. The predicted molar refractivity (Wildman–Crippen MR) is 109 cm³/mol. The first-order valence-electron chi connectivity index (χ1n) is 8.94. The molecule has 0 bridgehead atoms. The average Bonchev–Trinajstić information content (AvgIpc) is 2.68. The van der Waals surface area contributed by atoms with Crippen LogP contribution in [-0.2, 0) is 4.74 Å². The largest absolute Gasteiger partial charge is 0.484 e. The fourth-order valence-electron chi connectivity index (χ4n) is 2.96. The second kappa shape index (κ2) is 8.83. The van der Waals surface area contributed by atoms with Gasteiger partial charge in [0.25, 0.3) is 0 Å². The summed E-state index contributed by atoms with van der Waals surface area (Å²) in [6.07, 6.45) is 1.04. The third-order valence-corrected chi connectivity index (χ3v) is 4.95. The lowest BCUT2D eigenvalue weighted by Crippen LogP contribution is -2.47. The minimum atomic E-state index is -0.402. The number of nitrogens with two attached hydrogens (primary N) is 1. The zero-order chi connectivity index (χ0) is 19.4. The van der Waals surface area contributed by atoms with Gasteiger partial charge < -0.3 is 15.2 Å². The summed E-state index contributed by atoms with van der Waals surface area (Å²) in [5, 5.41) is 1.11. The van der Waals surface area contributed by atoms with Gasteiger partial charge in [0.2, 0.25) is 0 Å². The Morgan fingerprint density at radius 3 is 2.85 bits per heavy atom. The van der Waals surface area contributed by atoms with Crippen LogP contribution in [-0.4, -0.2) is 31.9 Å². The number of nitrogens with zero attached hydrogens (tertiary/aromatic N) is 1. The van der Waals surface area contributed by atoms with Crippen molar-refractivity contribution in [2.24, 2.45) is 5.73 Å². The summed E-state index contributed by atoms with van der Waals surface area (Å²) in [7, 11) is 0. The van der Waals surface area contributed by atoms with Crippen LogP contribution in [0.5, 0.6) is 5.75 Å². The number of unbranched alkanes of at least 4 members (excludes halogenated alkanes) is 1. The molecule has 27 heavy (non-hydrogen) atoms. The zero-order valence-corrected chi connectivity index (χ0v) is 16.6. The highest BCUT2D eigenvalue weighted by Crippen LogP contribution is 2.44. The quantitative estimate of drug-likeness (QED) is 0.696. The molecule has 0 unspecified atom stereocenters. The first kappa shape index (κ1) is 19.8. The fourth-order valence-corrected chi connectivity index (χ4v) is 3.35. The number of rotatable bonds is 5. The van der Waals surface area contributed by atoms with Crippen molar-refractivity contribution in [2.75, 3.05) is 24.6 Å². The van der Waals surface area contributed by atoms with E-state index in [2.05, 4.69) is 0 Å². The Kier molecular flexibility index (Phi) is 6.47. The molecule has 0 aliphatic carbocycles. The van der Waals surface area contributed by atoms with E-state index in [9.17, 15) is 4.79 Å². The molecule has 2 aromatic rings. The Balaban J connectivity index is 2.03. The summed E-state index contributed by atoms with van der Waals surface area (Å²) in [5.41, 5.74) is 7.96. The predicted octanol–water partition coefficient (Wildman–Crippen LogP) is 5.12. The Labute approximate surface area is 168 Å². The maximum Gasteiger partial charge on any atom is 0.414 e. The molecule has 1 atom stereocenters. The third kappa shape index (κ3) is 4.32. The molecule has 0 spiro atoms. The number of carbonyl (C=O) groups is 1. The van der Waals surface area contributed by atoms with Crippen molar-refractivity contribution in [3.05, 3.63) is 46.4 Å². The molecule has 0 saturated heterocycles. The molecule has 1 aliphatic heterocycles. The number of carbonyl (C=O) groups excluding carboxylic acids is 1. The summed E-state index contributed by atoms with van der Waals surface area (Å²) >= 11 is 12.5. The molecule has 0 fully saturated rings. The molecule has 0 aromatic heterocycles. The van der Waals surface area contributed by atoms with Crippen LogP contribution in [0.1, 0.15) is 19.8 Å². The summed E-state index contributed by atoms with van der Waals surface area (Å²) in [6.45, 7) is 3.04. The highest BCUT2D eigenvalue weighted by atomic mass is 35.5. The van der Waals surface area contributed by atoms with Gasteiger partial charge in [-0.3, -0.25) is 4.90 Å². The lowest BCUT2D eigenvalue weighted by molar-refractivity contribution is 0.141. The average molecular weight is 409 g/mol. The smallest absolute Gasteiger partial charge is 0.414 e. The van der Waals surface area contributed by atoms with Gasteiger partial charge in [0, 0.05) is 27.7 Å². The van der Waals surface area contributed by atoms with E-state index in [4.69, 9.17) is 38.4 Å². The van der Waals surface area contributed by atoms with Crippen LogP contribution in [0, 0.1) is 0 Å². The Morgan fingerprint density at radius 2 is 2.11 bits per heavy atom. The lowest BCUT2D eigenvalue weighted by atomic mass is 10.0. The van der Waals surface area contributed by atoms with Gasteiger partial charge in [0.1, 0.15) is 6.10 Å². The Bertz CT molecular complexity index is 829. The van der Waals surface area contributed by atoms with E-state index in [-0.39, 0.29) is 12.6 Å². The van der Waals surface area contributed by atoms with E-state index in [0.717, 1.165) is 24.0 Å². The van der Waals surface area contributed by atoms with Crippen molar-refractivity contribution in [1.82, 2.24) is 0 Å². The molecule has 5 nitrogen and oxygen atoms in total. The molecular formula is C20H22Cl2N2O3. The Morgan fingerprint density at radius 1 is 1.30 bits per heavy atom. The van der Waals surface area contributed by atoms with E-state index in [1.807, 2.05) is 25.1 Å². The van der Waals surface area contributed by atoms with Crippen LogP contribution in [0.3, 0.4) is 0 Å². The van der Waals surface area contributed by atoms with Crippen molar-refractivity contribution in [2.45, 2.75) is 25.9 Å². The summed E-state index contributed by atoms with van der Waals surface area (Å²) in [4.78, 5) is 14.2. The van der Waals surface area contributed by atoms with Crippen molar-refractivity contribution >= 4 is 35.0 Å². The second-order valence-corrected chi connectivity index (χ2v) is 7.18. The number of para-hydroxylation sites is 1. The van der Waals surface area contributed by atoms with Gasteiger partial charge in [-0.1, -0.05) is 48.7 Å². The number of amides is 1. The molecule has 1 amide bonds. The molecule has 2 N–H and O–H groups in total. The Hall–Kier alpha value is -1.95. The molecule has 3 rings (SSSR count). The summed E-state index contributed by atoms with van der Waals surface area (Å²) < 4.78 is 11.5. The van der Waals surface area contributed by atoms with Crippen LogP contribution in [0.25, 0.3) is 11.1 Å². The molecule has 1 heterocycles. The number of benzene rings is 2. The zero-order valence-electron chi connectivity index (χ0n) is 15.1. The van der Waals surface area contributed by atoms with E-state index in [1.54, 1.807) is 23.1 Å². The van der Waals surface area contributed by atoms with Crippen molar-refractivity contribution in [3.8, 4) is 16.9 Å². The molecule has 0 saturated carbocycles. The normalized spacial score (nSPS) is 15.9. The van der Waals surface area contributed by atoms with E-state index in [1.165, 1.54) is 0 Å². The number of anilines is 1. The van der Waals surface area contributed by atoms with Crippen LogP contribution in [0.4, 0.5) is 10.5 Å². The van der Waals surface area contributed by atoms with E-state index >= 15 is 0 Å². The maximum atomic E-state index is 12.6. The molecule has 2 aromatic carbocycles. The number of halogens is 2. The van der Waals surface area contributed by atoms with Gasteiger partial charge in [-0.05, 0) is 30.7 Å². The topological polar surface area (TPSA) is 64.8 Å². The van der Waals surface area contributed by atoms with Crippen molar-refractivity contribution < 1.29 is 14.3 Å². The first-order valence-corrected chi connectivity index (χ1v) is 9.70. The standard InChI is InChI=1S/C20H22Cl2N2O3/c1-2-3-9-26-20(25)24-12-14(11-23)27-19-15(5-4-6-18(19)24)16-10-13(21)7-8-17(16)22/h4-8,10,14H,2-3,9,11-12,23H2,1H3/t14-/m1/s1. The van der Waals surface area contributed by atoms with Gasteiger partial charge in [-0.2, -0.15) is 0 Å². The van der Waals surface area contributed by atoms with Gasteiger partial charge in [-0.25, -0.2) is 4.79 Å². The number of hydrogen-bond acceptors (Lipinski definition) is 4. The molecule has 144 valence electrons. The lowest BCUT2D eigenvalue weighted by Gasteiger charge is -2.35. The fraction of sp³-hybridized carbons (Fsp3) is 0.350. The minimum absolute atomic E-state index is 0.274. The van der Waals surface area contributed by atoms with Crippen LogP contribution in [0.2, 0.25) is 10.0 Å². The van der Waals surface area contributed by atoms with Crippen LogP contribution >= 0.6 is 23.2 Å². The van der Waals surface area contributed by atoms with E-state index < -0.39 is 6.09 Å². The molecule has 7 heteroatoms. The molecular weight excluding hydrogens is 387 g/mol. The van der Waals surface area contributed by atoms with Gasteiger partial charge in [0.15, 0.2) is 5.75 Å². The molecule has 0 radical (unpaired) electrons. The van der Waals surface area contributed by atoms with Gasteiger partial charge >= 0.3 is 6.09 Å². The number of hydrogen-bond donors (Lipinski definition) is 1. The first-order chi connectivity index (χ1) is 13.0. The van der Waals surface area contributed by atoms with Gasteiger partial charge in [-0.15, -0.1) is 0 Å². The van der Waals surface area contributed by atoms with Gasteiger partial charge in [0.05, 0.1) is 18.8 Å². The van der Waals surface area contributed by atoms with E-state index in [0.29, 0.717) is 34.6 Å². The van der Waals surface area contributed by atoms with Crippen molar-refractivity contribution in [3.63, 3.8) is 0 Å².